The van der Waals surface area contributed by atoms with Gasteiger partial charge in [-0.2, -0.15) is 0 Å². The average Bonchev–Trinajstić information content (AvgIpc) is 3.26. The first-order valence-electron chi connectivity index (χ1n) is 8.14. The summed E-state index contributed by atoms with van der Waals surface area (Å²) < 4.78 is 1.70. The van der Waals surface area contributed by atoms with Crippen LogP contribution in [0.5, 0.6) is 0 Å². The Morgan fingerprint density at radius 3 is 2.79 bits per heavy atom. The summed E-state index contributed by atoms with van der Waals surface area (Å²) in [5.74, 6) is -0.172. The number of carbonyl (C=O) groups is 1. The number of anilines is 2. The van der Waals surface area contributed by atoms with Crippen molar-refractivity contribution >= 4 is 28.2 Å². The highest BCUT2D eigenvalue weighted by atomic mass is 16.2. The van der Waals surface area contributed by atoms with E-state index in [-0.39, 0.29) is 5.91 Å². The number of aromatic nitrogens is 3. The van der Waals surface area contributed by atoms with Crippen LogP contribution in [-0.4, -0.2) is 33.5 Å². The maximum absolute atomic E-state index is 12.5. The fourth-order valence-electron chi connectivity index (χ4n) is 3.24. The minimum Gasteiger partial charge on any atom is -0.370 e. The third-order valence-corrected chi connectivity index (χ3v) is 4.49. The quantitative estimate of drug-likeness (QED) is 0.806. The first-order valence-corrected chi connectivity index (χ1v) is 8.14. The molecule has 0 unspecified atom stereocenters. The zero-order valence-electron chi connectivity index (χ0n) is 13.6. The molecule has 24 heavy (non-hydrogen) atoms. The van der Waals surface area contributed by atoms with Crippen LogP contribution in [0, 0.1) is 0 Å². The number of hydrogen-bond donors (Lipinski definition) is 1. The molecular formula is C18H19N5O. The molecule has 0 saturated carbocycles. The zero-order chi connectivity index (χ0) is 16.5. The first kappa shape index (κ1) is 14.7. The van der Waals surface area contributed by atoms with E-state index in [9.17, 15) is 4.79 Å². The second kappa shape index (κ2) is 5.96. The Labute approximate surface area is 140 Å². The summed E-state index contributed by atoms with van der Waals surface area (Å²) in [7, 11) is 1.80. The highest BCUT2D eigenvalue weighted by Crippen LogP contribution is 2.32. The lowest BCUT2D eigenvalue weighted by Gasteiger charge is -2.20. The van der Waals surface area contributed by atoms with Crippen molar-refractivity contribution in [3.63, 3.8) is 0 Å². The van der Waals surface area contributed by atoms with Gasteiger partial charge in [-0.15, -0.1) is 0 Å². The topological polar surface area (TPSA) is 63.1 Å². The number of benzene rings is 1. The number of pyridine rings is 1. The van der Waals surface area contributed by atoms with Crippen molar-refractivity contribution in [3.05, 3.63) is 48.7 Å². The van der Waals surface area contributed by atoms with Gasteiger partial charge >= 0.3 is 0 Å². The molecule has 1 aromatic carbocycles. The van der Waals surface area contributed by atoms with E-state index in [0.29, 0.717) is 5.69 Å². The molecule has 0 aliphatic carbocycles. The number of aryl methyl sites for hydroxylation is 1. The summed E-state index contributed by atoms with van der Waals surface area (Å²) in [6.07, 6.45) is 7.41. The SMILES string of the molecule is Cn1cncc1C(=O)Nc1ccc(N2CCCC2)c2ncccc12. The molecule has 0 radical (unpaired) electrons. The molecule has 122 valence electrons. The maximum atomic E-state index is 12.5. The van der Waals surface area contributed by atoms with Gasteiger partial charge in [-0.3, -0.25) is 9.78 Å². The van der Waals surface area contributed by atoms with E-state index in [4.69, 9.17) is 0 Å². The lowest BCUT2D eigenvalue weighted by molar-refractivity contribution is 0.101. The van der Waals surface area contributed by atoms with Crippen LogP contribution in [0.25, 0.3) is 10.9 Å². The summed E-state index contributed by atoms with van der Waals surface area (Å²) in [4.78, 5) is 23.4. The molecule has 0 bridgehead atoms. The monoisotopic (exact) mass is 321 g/mol. The molecule has 3 aromatic rings. The first-order chi connectivity index (χ1) is 11.7. The minimum absolute atomic E-state index is 0.172. The number of nitrogens with zero attached hydrogens (tertiary/aromatic N) is 4. The van der Waals surface area contributed by atoms with Crippen LogP contribution in [0.1, 0.15) is 23.3 Å². The van der Waals surface area contributed by atoms with Crippen LogP contribution in [-0.2, 0) is 7.05 Å². The van der Waals surface area contributed by atoms with Crippen LogP contribution < -0.4 is 10.2 Å². The normalized spacial score (nSPS) is 14.3. The lowest BCUT2D eigenvalue weighted by atomic mass is 10.1. The summed E-state index contributed by atoms with van der Waals surface area (Å²) >= 11 is 0. The summed E-state index contributed by atoms with van der Waals surface area (Å²) in [6.45, 7) is 2.12. The number of amides is 1. The fraction of sp³-hybridized carbons (Fsp3) is 0.278. The van der Waals surface area contributed by atoms with Crippen molar-refractivity contribution in [2.24, 2.45) is 7.05 Å². The van der Waals surface area contributed by atoms with Gasteiger partial charge in [0.05, 0.1) is 29.4 Å². The van der Waals surface area contributed by atoms with Crippen molar-refractivity contribution in [2.75, 3.05) is 23.3 Å². The molecule has 1 amide bonds. The third-order valence-electron chi connectivity index (χ3n) is 4.49. The predicted octanol–water partition coefficient (Wildman–Crippen LogP) is 2.82. The molecule has 0 atom stereocenters. The highest BCUT2D eigenvalue weighted by Gasteiger charge is 2.18. The van der Waals surface area contributed by atoms with Gasteiger partial charge in [0, 0.05) is 31.7 Å². The van der Waals surface area contributed by atoms with Crippen molar-refractivity contribution in [2.45, 2.75) is 12.8 Å². The number of rotatable bonds is 3. The van der Waals surface area contributed by atoms with Crippen molar-refractivity contribution < 1.29 is 4.79 Å². The van der Waals surface area contributed by atoms with E-state index >= 15 is 0 Å². The second-order valence-electron chi connectivity index (χ2n) is 6.07. The highest BCUT2D eigenvalue weighted by molar-refractivity contribution is 6.09. The molecule has 1 N–H and O–H groups in total. The summed E-state index contributed by atoms with van der Waals surface area (Å²) in [6, 6.07) is 7.92. The average molecular weight is 321 g/mol. The lowest BCUT2D eigenvalue weighted by Crippen LogP contribution is -2.19. The Morgan fingerprint density at radius 2 is 2.04 bits per heavy atom. The molecule has 1 saturated heterocycles. The number of hydrogen-bond acceptors (Lipinski definition) is 4. The largest absolute Gasteiger partial charge is 0.370 e. The van der Waals surface area contributed by atoms with Crippen LogP contribution in [0.4, 0.5) is 11.4 Å². The Balaban J connectivity index is 1.73. The minimum atomic E-state index is -0.172. The molecule has 2 aromatic heterocycles. The second-order valence-corrected chi connectivity index (χ2v) is 6.07. The number of carbonyl (C=O) groups excluding carboxylic acids is 1. The Kier molecular flexibility index (Phi) is 3.65. The molecule has 1 fully saturated rings. The van der Waals surface area contributed by atoms with Gasteiger partial charge in [-0.1, -0.05) is 0 Å². The van der Waals surface area contributed by atoms with E-state index < -0.39 is 0 Å². The maximum Gasteiger partial charge on any atom is 0.273 e. The third kappa shape index (κ3) is 2.50. The molecule has 6 nitrogen and oxygen atoms in total. The van der Waals surface area contributed by atoms with Gasteiger partial charge in [0.1, 0.15) is 5.69 Å². The van der Waals surface area contributed by atoms with Crippen LogP contribution in [0.3, 0.4) is 0 Å². The molecule has 6 heteroatoms. The van der Waals surface area contributed by atoms with Gasteiger partial charge in [-0.25, -0.2) is 4.98 Å². The van der Waals surface area contributed by atoms with E-state index in [1.165, 1.54) is 12.8 Å². The van der Waals surface area contributed by atoms with Crippen LogP contribution >= 0.6 is 0 Å². The predicted molar refractivity (Wildman–Crippen MR) is 94.4 cm³/mol. The molecule has 0 spiro atoms. The van der Waals surface area contributed by atoms with Crippen molar-refractivity contribution in [3.8, 4) is 0 Å². The van der Waals surface area contributed by atoms with Gasteiger partial charge in [-0.05, 0) is 37.1 Å². The van der Waals surface area contributed by atoms with Crippen LogP contribution in [0.15, 0.2) is 43.0 Å². The number of nitrogens with one attached hydrogen (secondary N) is 1. The standard InChI is InChI=1S/C18H19N5O/c1-22-12-19-11-16(22)18(24)21-14-6-7-15(23-9-2-3-10-23)17-13(14)5-4-8-20-17/h4-8,11-12H,2-3,9-10H2,1H3,(H,21,24). The van der Waals surface area contributed by atoms with E-state index in [0.717, 1.165) is 35.4 Å². The molecule has 3 heterocycles. The van der Waals surface area contributed by atoms with Crippen LogP contribution in [0.2, 0.25) is 0 Å². The fourth-order valence-corrected chi connectivity index (χ4v) is 3.24. The van der Waals surface area contributed by atoms with Crippen molar-refractivity contribution in [1.29, 1.82) is 0 Å². The number of fused-ring (bicyclic) bond motifs is 1. The van der Waals surface area contributed by atoms with Crippen molar-refractivity contribution in [1.82, 2.24) is 14.5 Å². The molecular weight excluding hydrogens is 302 g/mol. The van der Waals surface area contributed by atoms with Gasteiger partial charge < -0.3 is 14.8 Å². The summed E-state index contributed by atoms with van der Waals surface area (Å²) in [5, 5.41) is 3.94. The zero-order valence-corrected chi connectivity index (χ0v) is 13.6. The van der Waals surface area contributed by atoms with E-state index in [1.54, 1.807) is 30.3 Å². The summed E-state index contributed by atoms with van der Waals surface area (Å²) in [5.41, 5.74) is 3.37. The number of imidazole rings is 1. The Bertz CT molecular complexity index is 895. The van der Waals surface area contributed by atoms with Gasteiger partial charge in [0.2, 0.25) is 0 Å². The molecule has 1 aliphatic rings. The van der Waals surface area contributed by atoms with Gasteiger partial charge in [0.15, 0.2) is 0 Å². The molecule has 4 rings (SSSR count). The van der Waals surface area contributed by atoms with E-state index in [1.807, 2.05) is 18.2 Å². The van der Waals surface area contributed by atoms with E-state index in [2.05, 4.69) is 26.3 Å². The Hall–Kier alpha value is -2.89. The molecule has 1 aliphatic heterocycles. The van der Waals surface area contributed by atoms with Gasteiger partial charge in [0.25, 0.3) is 5.91 Å². The Morgan fingerprint density at radius 1 is 1.21 bits per heavy atom. The smallest absolute Gasteiger partial charge is 0.273 e.